The van der Waals surface area contributed by atoms with Crippen LogP contribution in [0.2, 0.25) is 0 Å². The summed E-state index contributed by atoms with van der Waals surface area (Å²) < 4.78 is 36.0. The Morgan fingerprint density at radius 2 is 1.81 bits per heavy atom. The molecular formula is C27H40O10. The van der Waals surface area contributed by atoms with Crippen molar-refractivity contribution in [3.63, 3.8) is 0 Å². The number of hydrogen-bond donors (Lipinski definition) is 1. The predicted octanol–water partition coefficient (Wildman–Crippen LogP) is 2.14. The lowest BCUT2D eigenvalue weighted by Crippen LogP contribution is -2.74. The van der Waals surface area contributed by atoms with E-state index in [-0.39, 0.29) is 50.3 Å². The maximum atomic E-state index is 12.4. The molecule has 37 heavy (non-hydrogen) atoms. The highest BCUT2D eigenvalue weighted by Gasteiger charge is 2.81. The molecule has 0 unspecified atom stereocenters. The van der Waals surface area contributed by atoms with Crippen molar-refractivity contribution in [3.05, 3.63) is 0 Å². The third-order valence-corrected chi connectivity index (χ3v) is 10.1. The van der Waals surface area contributed by atoms with Crippen LogP contribution in [0.1, 0.15) is 66.7 Å². The van der Waals surface area contributed by atoms with Crippen molar-refractivity contribution in [2.45, 2.75) is 103 Å². The zero-order chi connectivity index (χ0) is 26.8. The van der Waals surface area contributed by atoms with Gasteiger partial charge in [0.2, 0.25) is 0 Å². The maximum Gasteiger partial charge on any atom is 0.305 e. The summed E-state index contributed by atoms with van der Waals surface area (Å²) in [7, 11) is 0. The van der Waals surface area contributed by atoms with Crippen LogP contribution in [0.25, 0.3) is 0 Å². The minimum Gasteiger partial charge on any atom is -0.465 e. The van der Waals surface area contributed by atoms with Crippen molar-refractivity contribution in [2.75, 3.05) is 19.8 Å². The van der Waals surface area contributed by atoms with E-state index in [1.54, 1.807) is 6.92 Å². The Morgan fingerprint density at radius 3 is 2.41 bits per heavy atom. The Balaban J connectivity index is 1.63. The van der Waals surface area contributed by atoms with Gasteiger partial charge in [0.1, 0.15) is 18.3 Å². The molecule has 5 rings (SSSR count). The molecule has 0 aromatic carbocycles. The zero-order valence-corrected chi connectivity index (χ0v) is 22.4. The highest BCUT2D eigenvalue weighted by atomic mass is 16.7. The van der Waals surface area contributed by atoms with Crippen molar-refractivity contribution < 1.29 is 47.9 Å². The van der Waals surface area contributed by atoms with Gasteiger partial charge in [0.15, 0.2) is 12.4 Å². The van der Waals surface area contributed by atoms with Gasteiger partial charge in [-0.15, -0.1) is 0 Å². The second-order valence-corrected chi connectivity index (χ2v) is 11.9. The molecule has 1 N–H and O–H groups in total. The number of aliphatic hydroxyl groups excluding tert-OH is 1. The molecule has 0 aromatic heterocycles. The number of epoxide rings is 1. The summed E-state index contributed by atoms with van der Waals surface area (Å²) in [6.45, 7) is 9.46. The molecule has 3 saturated heterocycles. The molecule has 1 spiro atoms. The molecule has 0 bridgehead atoms. The first kappa shape index (κ1) is 26.8. The number of fused-ring (bicyclic) bond motifs is 3. The highest BCUT2D eigenvalue weighted by Crippen LogP contribution is 2.70. The van der Waals surface area contributed by atoms with E-state index in [1.807, 2.05) is 0 Å². The molecular weight excluding hydrogens is 484 g/mol. The average molecular weight is 525 g/mol. The van der Waals surface area contributed by atoms with Crippen LogP contribution in [0.3, 0.4) is 0 Å². The van der Waals surface area contributed by atoms with Gasteiger partial charge >= 0.3 is 17.9 Å². The van der Waals surface area contributed by atoms with E-state index < -0.39 is 52.7 Å². The zero-order valence-electron chi connectivity index (χ0n) is 22.4. The molecule has 11 atom stereocenters. The van der Waals surface area contributed by atoms with Gasteiger partial charge in [-0.25, -0.2) is 0 Å². The first-order chi connectivity index (χ1) is 17.5. The molecule has 2 aliphatic carbocycles. The fourth-order valence-corrected chi connectivity index (χ4v) is 8.10. The van der Waals surface area contributed by atoms with E-state index in [0.717, 1.165) is 12.8 Å². The third-order valence-electron chi connectivity index (χ3n) is 10.1. The normalized spacial score (nSPS) is 48.2. The monoisotopic (exact) mass is 524 g/mol. The topological polar surface area (TPSA) is 130 Å². The summed E-state index contributed by atoms with van der Waals surface area (Å²) in [5.74, 6) is -1.37. The van der Waals surface area contributed by atoms with Gasteiger partial charge in [-0.05, 0) is 37.5 Å². The lowest BCUT2D eigenvalue weighted by atomic mass is 9.41. The van der Waals surface area contributed by atoms with E-state index in [9.17, 15) is 19.5 Å². The van der Waals surface area contributed by atoms with Crippen LogP contribution in [-0.2, 0) is 42.8 Å². The van der Waals surface area contributed by atoms with Crippen LogP contribution < -0.4 is 0 Å². The molecule has 10 heteroatoms. The summed E-state index contributed by atoms with van der Waals surface area (Å²) >= 11 is 0. The lowest BCUT2D eigenvalue weighted by Gasteiger charge is -2.65. The fraction of sp³-hybridized carbons (Fsp3) is 0.889. The van der Waals surface area contributed by atoms with Crippen molar-refractivity contribution in [3.8, 4) is 0 Å². The van der Waals surface area contributed by atoms with E-state index in [4.69, 9.17) is 28.4 Å². The molecule has 10 nitrogen and oxygen atoms in total. The van der Waals surface area contributed by atoms with E-state index in [1.165, 1.54) is 13.8 Å². The number of aliphatic hydroxyl groups is 1. The molecule has 0 aromatic rings. The van der Waals surface area contributed by atoms with Gasteiger partial charge in [0.25, 0.3) is 0 Å². The first-order valence-corrected chi connectivity index (χ1v) is 13.6. The van der Waals surface area contributed by atoms with Gasteiger partial charge < -0.3 is 33.5 Å². The van der Waals surface area contributed by atoms with Crippen LogP contribution in [-0.4, -0.2) is 79.1 Å². The average Bonchev–Trinajstić information content (AvgIpc) is 3.32. The van der Waals surface area contributed by atoms with Crippen molar-refractivity contribution >= 4 is 17.9 Å². The quantitative estimate of drug-likeness (QED) is 0.313. The number of esters is 3. The summed E-state index contributed by atoms with van der Waals surface area (Å²) in [6.07, 6.45) is -0.438. The Kier molecular flexibility index (Phi) is 6.87. The van der Waals surface area contributed by atoms with Crippen molar-refractivity contribution in [2.24, 2.45) is 28.6 Å². The Labute approximate surface area is 217 Å². The van der Waals surface area contributed by atoms with Crippen LogP contribution in [0.5, 0.6) is 0 Å². The number of hydrogen-bond acceptors (Lipinski definition) is 10. The van der Waals surface area contributed by atoms with Crippen LogP contribution in [0, 0.1) is 28.6 Å². The molecule has 5 fully saturated rings. The van der Waals surface area contributed by atoms with Gasteiger partial charge in [0.05, 0.1) is 30.8 Å². The van der Waals surface area contributed by atoms with E-state index in [2.05, 4.69) is 13.8 Å². The summed E-state index contributed by atoms with van der Waals surface area (Å²) in [5.41, 5.74) is -2.71. The lowest BCUT2D eigenvalue weighted by molar-refractivity contribution is -0.284. The van der Waals surface area contributed by atoms with Crippen LogP contribution in [0.4, 0.5) is 0 Å². The van der Waals surface area contributed by atoms with Crippen molar-refractivity contribution in [1.29, 1.82) is 0 Å². The second-order valence-electron chi connectivity index (χ2n) is 11.9. The van der Waals surface area contributed by atoms with Gasteiger partial charge in [-0.3, -0.25) is 14.4 Å². The van der Waals surface area contributed by atoms with E-state index >= 15 is 0 Å². The Morgan fingerprint density at radius 1 is 1.08 bits per heavy atom. The van der Waals surface area contributed by atoms with E-state index in [0.29, 0.717) is 18.9 Å². The molecule has 0 amide bonds. The molecule has 5 aliphatic rings. The third kappa shape index (κ3) is 4.01. The summed E-state index contributed by atoms with van der Waals surface area (Å²) in [4.78, 5) is 37.0. The number of carbonyl (C=O) groups excluding carboxylic acids is 3. The van der Waals surface area contributed by atoms with Crippen LogP contribution >= 0.6 is 0 Å². The Bertz CT molecular complexity index is 920. The molecule has 0 radical (unpaired) electrons. The SMILES string of the molecule is CCC(=O)O[C@H]1[C@H](O)C[C@@H]2[C@](C)([C@H]3C[C@@H]4CCO[C@@H]4O3)[C@@H](C)C[C@H](OC(C)=O)[C@@]2(COC(C)=O)[C@]12CO2. The number of ether oxygens (including phenoxy) is 6. The Hall–Kier alpha value is -1.75. The maximum absolute atomic E-state index is 12.4. The van der Waals surface area contributed by atoms with Gasteiger partial charge in [-0.2, -0.15) is 0 Å². The smallest absolute Gasteiger partial charge is 0.305 e. The predicted molar refractivity (Wildman–Crippen MR) is 127 cm³/mol. The highest BCUT2D eigenvalue weighted by molar-refractivity contribution is 5.69. The first-order valence-electron chi connectivity index (χ1n) is 13.6. The molecule has 2 saturated carbocycles. The largest absolute Gasteiger partial charge is 0.465 e. The van der Waals surface area contributed by atoms with Gasteiger partial charge in [-0.1, -0.05) is 20.8 Å². The summed E-state index contributed by atoms with van der Waals surface area (Å²) in [5, 5.41) is 11.5. The minimum absolute atomic E-state index is 0.0360. The minimum atomic E-state index is -1.16. The fourth-order valence-electron chi connectivity index (χ4n) is 8.10. The number of rotatable bonds is 6. The summed E-state index contributed by atoms with van der Waals surface area (Å²) in [6, 6.07) is 0. The molecule has 3 heterocycles. The standard InChI is InChI=1S/C27H40O10/c1-6-22(31)37-23-18(30)11-19-25(5,20-10-17-7-8-32-24(17)36-20)14(2)9-21(35-16(4)29)26(19,12-33-15(3)28)27(23)13-34-27/h14,17-21,23-24,30H,6-13H2,1-5H3/t14-,17-,18+,19+,20+,21-,23-,24+,25+,26-,27-/m0/s1. The van der Waals surface area contributed by atoms with Crippen LogP contribution in [0.15, 0.2) is 0 Å². The second kappa shape index (κ2) is 9.47. The van der Waals surface area contributed by atoms with Gasteiger partial charge in [0, 0.05) is 31.6 Å². The van der Waals surface area contributed by atoms with Crippen molar-refractivity contribution in [1.82, 2.24) is 0 Å². The molecule has 3 aliphatic heterocycles. The molecule has 208 valence electrons. The number of carbonyl (C=O) groups is 3.